The fourth-order valence-electron chi connectivity index (χ4n) is 3.06. The van der Waals surface area contributed by atoms with Gasteiger partial charge in [-0.2, -0.15) is 4.57 Å². The molecule has 1 heterocycles. The fraction of sp³-hybridized carbons (Fsp3) is 0.375. The molecule has 0 fully saturated rings. The lowest BCUT2D eigenvalue weighted by atomic mass is 10.1. The maximum Gasteiger partial charge on any atom is 0.286 e. The average molecular weight is 459 g/mol. The minimum atomic E-state index is -0.0912. The number of thioether (sulfide) groups is 1. The van der Waals surface area contributed by atoms with Crippen LogP contribution in [0.15, 0.2) is 48.8 Å². The number of aliphatic hydroxyl groups is 2. The Hall–Kier alpha value is -2.68. The van der Waals surface area contributed by atoms with E-state index in [1.54, 1.807) is 0 Å². The van der Waals surface area contributed by atoms with Gasteiger partial charge in [0.05, 0.1) is 13.2 Å². The van der Waals surface area contributed by atoms with E-state index in [1.165, 1.54) is 18.7 Å². The number of aromatic nitrogens is 1. The Morgan fingerprint density at radius 1 is 1.03 bits per heavy atom. The molecule has 0 saturated heterocycles. The Morgan fingerprint density at radius 3 is 2.12 bits per heavy atom. The van der Waals surface area contributed by atoms with Gasteiger partial charge in [-0.25, -0.2) is 0 Å². The van der Waals surface area contributed by atoms with Crippen molar-refractivity contribution in [2.45, 2.75) is 26.4 Å². The Labute approximate surface area is 193 Å². The van der Waals surface area contributed by atoms with Crippen LogP contribution >= 0.6 is 11.8 Å². The van der Waals surface area contributed by atoms with Gasteiger partial charge in [0.2, 0.25) is 6.54 Å². The van der Waals surface area contributed by atoms with Gasteiger partial charge >= 0.3 is 0 Å². The molecule has 1 atom stereocenters. The maximum atomic E-state index is 12.1. The Bertz CT molecular complexity index is 879. The van der Waals surface area contributed by atoms with Crippen molar-refractivity contribution in [2.75, 3.05) is 37.0 Å². The number of anilines is 1. The van der Waals surface area contributed by atoms with E-state index in [1.807, 2.05) is 77.3 Å². The van der Waals surface area contributed by atoms with Crippen molar-refractivity contribution in [3.05, 3.63) is 59.9 Å². The first-order valence-electron chi connectivity index (χ1n) is 10.6. The van der Waals surface area contributed by atoms with E-state index >= 15 is 0 Å². The van der Waals surface area contributed by atoms with Crippen LogP contribution in [0.4, 0.5) is 5.69 Å². The Morgan fingerprint density at radius 2 is 1.59 bits per heavy atom. The van der Waals surface area contributed by atoms with Crippen LogP contribution in [0.25, 0.3) is 12.2 Å². The number of benzene rings is 1. The molecular formula is C24H32N3O4S+. The number of nitrogens with one attached hydrogen (secondary N) is 1. The predicted molar refractivity (Wildman–Crippen MR) is 129 cm³/mol. The molecule has 32 heavy (non-hydrogen) atoms. The molecule has 1 amide bonds. The molecule has 0 bridgehead atoms. The lowest BCUT2D eigenvalue weighted by molar-refractivity contribution is -0.684. The van der Waals surface area contributed by atoms with E-state index in [0.717, 1.165) is 16.8 Å². The molecule has 0 aliphatic heterocycles. The second-order valence-electron chi connectivity index (χ2n) is 7.43. The molecular weight excluding hydrogens is 426 g/mol. The molecule has 8 heteroatoms. The summed E-state index contributed by atoms with van der Waals surface area (Å²) in [5.74, 6) is 0.476. The van der Waals surface area contributed by atoms with Crippen LogP contribution in [-0.2, 0) is 16.1 Å². The van der Waals surface area contributed by atoms with Crippen molar-refractivity contribution in [3.63, 3.8) is 0 Å². The lowest BCUT2D eigenvalue weighted by Gasteiger charge is -2.22. The molecule has 7 nitrogen and oxygen atoms in total. The van der Waals surface area contributed by atoms with Gasteiger partial charge in [-0.05, 0) is 30.2 Å². The second kappa shape index (κ2) is 13.7. The van der Waals surface area contributed by atoms with Crippen molar-refractivity contribution < 1.29 is 24.4 Å². The molecule has 1 aromatic heterocycles. The third kappa shape index (κ3) is 9.21. The predicted octanol–water partition coefficient (Wildman–Crippen LogP) is 1.72. The van der Waals surface area contributed by atoms with E-state index in [2.05, 4.69) is 5.32 Å². The number of nitrogens with zero attached hydrogens (tertiary/aromatic N) is 2. The van der Waals surface area contributed by atoms with Crippen LogP contribution in [0.5, 0.6) is 0 Å². The summed E-state index contributed by atoms with van der Waals surface area (Å²) in [6.07, 6.45) is 7.73. The highest BCUT2D eigenvalue weighted by Gasteiger charge is 2.13. The SMILES string of the molecule is CC(=O)SCC(C)NC(=O)C[n+]1ccc(/C=C/c2ccc(N(CCO)CCO)cc2)cc1. The van der Waals surface area contributed by atoms with Crippen LogP contribution in [0.1, 0.15) is 25.0 Å². The quantitative estimate of drug-likeness (QED) is 0.420. The molecule has 1 aromatic carbocycles. The number of amides is 1. The van der Waals surface area contributed by atoms with Gasteiger partial charge in [0.25, 0.3) is 5.91 Å². The molecule has 3 N–H and O–H groups in total. The van der Waals surface area contributed by atoms with E-state index in [0.29, 0.717) is 18.8 Å². The van der Waals surface area contributed by atoms with Crippen molar-refractivity contribution in [1.29, 1.82) is 0 Å². The number of aliphatic hydroxyl groups excluding tert-OH is 2. The molecule has 1 unspecified atom stereocenters. The van der Waals surface area contributed by atoms with Crippen LogP contribution in [0.3, 0.4) is 0 Å². The van der Waals surface area contributed by atoms with Gasteiger partial charge in [-0.15, -0.1) is 0 Å². The number of pyridine rings is 1. The number of hydrogen-bond acceptors (Lipinski definition) is 6. The molecule has 0 saturated carbocycles. The van der Waals surface area contributed by atoms with Crippen LogP contribution in [0, 0.1) is 0 Å². The van der Waals surface area contributed by atoms with Crippen molar-refractivity contribution in [1.82, 2.24) is 5.32 Å². The first-order chi connectivity index (χ1) is 15.4. The largest absolute Gasteiger partial charge is 0.395 e. The minimum Gasteiger partial charge on any atom is -0.395 e. The third-order valence-corrected chi connectivity index (χ3v) is 5.73. The summed E-state index contributed by atoms with van der Waals surface area (Å²) in [7, 11) is 0. The summed E-state index contributed by atoms with van der Waals surface area (Å²) in [6.45, 7) is 4.66. The van der Waals surface area contributed by atoms with Crippen molar-refractivity contribution in [2.24, 2.45) is 0 Å². The van der Waals surface area contributed by atoms with Gasteiger partial charge in [-0.3, -0.25) is 9.59 Å². The van der Waals surface area contributed by atoms with Crippen molar-refractivity contribution in [3.8, 4) is 0 Å². The molecule has 2 rings (SSSR count). The monoisotopic (exact) mass is 458 g/mol. The highest BCUT2D eigenvalue weighted by molar-refractivity contribution is 8.13. The summed E-state index contributed by atoms with van der Waals surface area (Å²) in [6, 6.07) is 11.7. The van der Waals surface area contributed by atoms with Crippen LogP contribution in [-0.4, -0.2) is 59.3 Å². The zero-order valence-corrected chi connectivity index (χ0v) is 19.4. The highest BCUT2D eigenvalue weighted by Crippen LogP contribution is 2.16. The van der Waals surface area contributed by atoms with E-state index in [-0.39, 0.29) is 36.8 Å². The zero-order chi connectivity index (χ0) is 23.3. The van der Waals surface area contributed by atoms with Crippen LogP contribution < -0.4 is 14.8 Å². The van der Waals surface area contributed by atoms with Gasteiger partial charge in [-0.1, -0.05) is 36.0 Å². The summed E-state index contributed by atoms with van der Waals surface area (Å²) < 4.78 is 1.81. The van der Waals surface area contributed by atoms with Gasteiger partial charge in [0, 0.05) is 49.6 Å². The Kier molecular flexibility index (Phi) is 10.9. The first kappa shape index (κ1) is 25.6. The van der Waals surface area contributed by atoms with Crippen LogP contribution in [0.2, 0.25) is 0 Å². The topological polar surface area (TPSA) is 93.8 Å². The van der Waals surface area contributed by atoms with Gasteiger partial charge < -0.3 is 20.4 Å². The summed E-state index contributed by atoms with van der Waals surface area (Å²) in [4.78, 5) is 25.1. The maximum absolute atomic E-state index is 12.1. The van der Waals surface area contributed by atoms with E-state index in [4.69, 9.17) is 10.2 Å². The molecule has 0 radical (unpaired) electrons. The second-order valence-corrected chi connectivity index (χ2v) is 8.63. The van der Waals surface area contributed by atoms with E-state index < -0.39 is 0 Å². The number of rotatable bonds is 12. The number of hydrogen-bond donors (Lipinski definition) is 3. The molecule has 0 aliphatic rings. The fourth-order valence-corrected chi connectivity index (χ4v) is 3.62. The summed E-state index contributed by atoms with van der Waals surface area (Å²) >= 11 is 1.21. The van der Waals surface area contributed by atoms with E-state index in [9.17, 15) is 9.59 Å². The zero-order valence-electron chi connectivity index (χ0n) is 18.6. The highest BCUT2D eigenvalue weighted by atomic mass is 32.2. The summed E-state index contributed by atoms with van der Waals surface area (Å²) in [5.41, 5.74) is 3.01. The third-order valence-electron chi connectivity index (χ3n) is 4.65. The summed E-state index contributed by atoms with van der Waals surface area (Å²) in [5, 5.41) is 21.3. The smallest absolute Gasteiger partial charge is 0.286 e. The standard InChI is InChI=1S/C24H31N3O4S/c1-19(18-32-20(2)30)25-24(31)17-26-11-9-22(10-12-26)4-3-21-5-7-23(8-6-21)27(13-15-28)14-16-29/h3-12,19,28-29H,13-18H2,1-2H3/p+1. The average Bonchev–Trinajstić information content (AvgIpc) is 2.77. The van der Waals surface area contributed by atoms with Gasteiger partial charge in [0.1, 0.15) is 0 Å². The lowest BCUT2D eigenvalue weighted by Crippen LogP contribution is -2.45. The normalized spacial score (nSPS) is 12.0. The molecule has 172 valence electrons. The van der Waals surface area contributed by atoms with Crippen molar-refractivity contribution >= 4 is 40.6 Å². The first-order valence-corrected chi connectivity index (χ1v) is 11.6. The molecule has 0 spiro atoms. The Balaban J connectivity index is 1.89. The van der Waals surface area contributed by atoms with Gasteiger partial charge in [0.15, 0.2) is 17.5 Å². The minimum absolute atomic E-state index is 0.0370. The number of carbonyl (C=O) groups excluding carboxylic acids is 2. The molecule has 0 aliphatic carbocycles. The molecule has 2 aromatic rings. The number of carbonyl (C=O) groups is 2.